The van der Waals surface area contributed by atoms with Crippen molar-refractivity contribution < 1.29 is 4.21 Å². The molecule has 1 nitrogen and oxygen atoms in total. The highest BCUT2D eigenvalue weighted by molar-refractivity contribution is 9.10. The van der Waals surface area contributed by atoms with Gasteiger partial charge in [-0.1, -0.05) is 67.8 Å². The Hall–Kier alpha value is -0.150. The van der Waals surface area contributed by atoms with E-state index in [1.807, 2.05) is 24.3 Å². The molecule has 108 valence electrons. The van der Waals surface area contributed by atoms with Crippen molar-refractivity contribution in [2.75, 3.05) is 5.75 Å². The van der Waals surface area contributed by atoms with Crippen LogP contribution in [0.5, 0.6) is 0 Å². The van der Waals surface area contributed by atoms with Crippen LogP contribution in [0.25, 0.3) is 0 Å². The van der Waals surface area contributed by atoms with Crippen LogP contribution in [0.2, 0.25) is 0 Å². The minimum Gasteiger partial charge on any atom is -0.254 e. The fourth-order valence-corrected chi connectivity index (χ4v) is 3.48. The highest BCUT2D eigenvalue weighted by atomic mass is 79.9. The summed E-state index contributed by atoms with van der Waals surface area (Å²) in [4.78, 5) is 0.950. The largest absolute Gasteiger partial charge is 0.254 e. The second kappa shape index (κ2) is 10.6. The van der Waals surface area contributed by atoms with E-state index >= 15 is 0 Å². The van der Waals surface area contributed by atoms with Crippen LogP contribution in [-0.2, 0) is 10.8 Å². The average Bonchev–Trinajstić information content (AvgIpc) is 2.42. The Kier molecular flexibility index (Phi) is 9.44. The van der Waals surface area contributed by atoms with E-state index in [-0.39, 0.29) is 0 Å². The molecule has 19 heavy (non-hydrogen) atoms. The lowest BCUT2D eigenvalue weighted by molar-refractivity contribution is 0.584. The maximum absolute atomic E-state index is 12.0. The van der Waals surface area contributed by atoms with Gasteiger partial charge >= 0.3 is 0 Å². The predicted octanol–water partition coefficient (Wildman–Crippen LogP) is 5.70. The second-order valence-electron chi connectivity index (χ2n) is 4.98. The van der Waals surface area contributed by atoms with Crippen LogP contribution >= 0.6 is 15.9 Å². The third-order valence-electron chi connectivity index (χ3n) is 3.26. The van der Waals surface area contributed by atoms with Crippen molar-refractivity contribution >= 4 is 26.7 Å². The summed E-state index contributed by atoms with van der Waals surface area (Å²) in [6.45, 7) is 2.25. The lowest BCUT2D eigenvalue weighted by atomic mass is 10.1. The van der Waals surface area contributed by atoms with Gasteiger partial charge in [-0.25, -0.2) is 0 Å². The van der Waals surface area contributed by atoms with Gasteiger partial charge in [0.15, 0.2) is 0 Å². The second-order valence-corrected chi connectivity index (χ2v) is 7.46. The molecule has 0 bridgehead atoms. The summed E-state index contributed by atoms with van der Waals surface area (Å²) in [6, 6.07) is 7.82. The molecule has 0 aromatic heterocycles. The average molecular weight is 345 g/mol. The topological polar surface area (TPSA) is 17.1 Å². The van der Waals surface area contributed by atoms with Crippen LogP contribution in [-0.4, -0.2) is 9.96 Å². The van der Waals surface area contributed by atoms with E-state index < -0.39 is 10.8 Å². The van der Waals surface area contributed by atoms with E-state index in [0.29, 0.717) is 0 Å². The predicted molar refractivity (Wildman–Crippen MR) is 88.0 cm³/mol. The van der Waals surface area contributed by atoms with Crippen molar-refractivity contribution in [3.05, 3.63) is 28.7 Å². The van der Waals surface area contributed by atoms with E-state index in [1.165, 1.54) is 44.9 Å². The summed E-state index contributed by atoms with van der Waals surface area (Å²) in [7, 11) is -0.823. The van der Waals surface area contributed by atoms with Gasteiger partial charge in [0.2, 0.25) is 0 Å². The van der Waals surface area contributed by atoms with Gasteiger partial charge in [0.05, 0.1) is 10.8 Å². The number of benzene rings is 1. The molecule has 0 saturated carbocycles. The van der Waals surface area contributed by atoms with Crippen molar-refractivity contribution in [1.82, 2.24) is 0 Å². The normalized spacial score (nSPS) is 12.5. The summed E-state index contributed by atoms with van der Waals surface area (Å²) < 4.78 is 13.1. The molecule has 0 fully saturated rings. The molecule has 0 spiro atoms. The van der Waals surface area contributed by atoms with Crippen molar-refractivity contribution in [3.63, 3.8) is 0 Å². The molecule has 1 aromatic carbocycles. The number of unbranched alkanes of at least 4 members (excludes halogenated alkanes) is 7. The maximum atomic E-state index is 12.0. The van der Waals surface area contributed by atoms with Crippen LogP contribution in [0.3, 0.4) is 0 Å². The molecule has 0 amide bonds. The number of hydrogen-bond acceptors (Lipinski definition) is 1. The van der Waals surface area contributed by atoms with Crippen LogP contribution in [0.1, 0.15) is 58.3 Å². The first-order valence-corrected chi connectivity index (χ1v) is 9.49. The minimum absolute atomic E-state index is 0.802. The van der Waals surface area contributed by atoms with Gasteiger partial charge in [-0.3, -0.25) is 4.21 Å². The number of halogens is 1. The molecule has 0 aliphatic heterocycles. The Morgan fingerprint density at radius 3 is 2.00 bits per heavy atom. The summed E-state index contributed by atoms with van der Waals surface area (Å²) in [5, 5.41) is 0. The molecule has 1 atom stereocenters. The Bertz CT molecular complexity index is 362. The van der Waals surface area contributed by atoms with Gasteiger partial charge in [-0.2, -0.15) is 0 Å². The molecule has 3 heteroatoms. The molecule has 1 aromatic rings. The molecule has 0 unspecified atom stereocenters. The SMILES string of the molecule is CCCCCCCCCC[S@@](=O)c1ccc(Br)cc1. The molecule has 0 radical (unpaired) electrons. The van der Waals surface area contributed by atoms with E-state index in [4.69, 9.17) is 0 Å². The summed E-state index contributed by atoms with van der Waals surface area (Å²) in [5.41, 5.74) is 0. The van der Waals surface area contributed by atoms with Crippen LogP contribution in [0, 0.1) is 0 Å². The third kappa shape index (κ3) is 7.88. The summed E-state index contributed by atoms with van der Waals surface area (Å²) in [6.07, 6.45) is 10.3. The number of rotatable bonds is 10. The zero-order valence-electron chi connectivity index (χ0n) is 11.9. The highest BCUT2D eigenvalue weighted by Crippen LogP contribution is 2.15. The fourth-order valence-electron chi connectivity index (χ4n) is 2.07. The summed E-state index contributed by atoms with van der Waals surface area (Å²) in [5.74, 6) is 0.802. The first-order valence-electron chi connectivity index (χ1n) is 7.38. The first kappa shape index (κ1) is 16.9. The molecule has 0 saturated heterocycles. The molecule has 0 aliphatic carbocycles. The van der Waals surface area contributed by atoms with E-state index in [2.05, 4.69) is 22.9 Å². The number of hydrogen-bond donors (Lipinski definition) is 0. The van der Waals surface area contributed by atoms with Gasteiger partial charge in [0, 0.05) is 15.1 Å². The van der Waals surface area contributed by atoms with Crippen LogP contribution < -0.4 is 0 Å². The quantitative estimate of drug-likeness (QED) is 0.497. The van der Waals surface area contributed by atoms with Crippen molar-refractivity contribution in [3.8, 4) is 0 Å². The van der Waals surface area contributed by atoms with Gasteiger partial charge in [0.25, 0.3) is 0 Å². The van der Waals surface area contributed by atoms with Gasteiger partial charge < -0.3 is 0 Å². The van der Waals surface area contributed by atoms with Crippen LogP contribution in [0.15, 0.2) is 33.6 Å². The lowest BCUT2D eigenvalue weighted by Gasteiger charge is -2.03. The molecule has 0 N–H and O–H groups in total. The third-order valence-corrected chi connectivity index (χ3v) is 5.25. The smallest absolute Gasteiger partial charge is 0.0529 e. The Labute approximate surface area is 128 Å². The van der Waals surface area contributed by atoms with Crippen LogP contribution in [0.4, 0.5) is 0 Å². The first-order chi connectivity index (χ1) is 9.24. The zero-order valence-corrected chi connectivity index (χ0v) is 14.3. The summed E-state index contributed by atoms with van der Waals surface area (Å²) >= 11 is 3.39. The Morgan fingerprint density at radius 1 is 0.895 bits per heavy atom. The Morgan fingerprint density at radius 2 is 1.42 bits per heavy atom. The van der Waals surface area contributed by atoms with E-state index in [0.717, 1.165) is 21.5 Å². The Balaban J connectivity index is 2.06. The lowest BCUT2D eigenvalue weighted by Crippen LogP contribution is -1.98. The monoisotopic (exact) mass is 344 g/mol. The molecule has 0 heterocycles. The minimum atomic E-state index is -0.823. The van der Waals surface area contributed by atoms with Gasteiger partial charge in [-0.05, 0) is 30.7 Å². The van der Waals surface area contributed by atoms with Gasteiger partial charge in [0.1, 0.15) is 0 Å². The molecular formula is C16H25BrOS. The van der Waals surface area contributed by atoms with Gasteiger partial charge in [-0.15, -0.1) is 0 Å². The zero-order chi connectivity index (χ0) is 13.9. The molecule has 1 rings (SSSR count). The van der Waals surface area contributed by atoms with Crippen molar-refractivity contribution in [1.29, 1.82) is 0 Å². The molecule has 0 aliphatic rings. The standard InChI is InChI=1S/C16H25BrOS/c1-2-3-4-5-6-7-8-9-14-19(18)16-12-10-15(17)11-13-16/h10-13H,2-9,14H2,1H3/t19-/m1/s1. The molecular weight excluding hydrogens is 320 g/mol. The van der Waals surface area contributed by atoms with E-state index in [1.54, 1.807) is 0 Å². The highest BCUT2D eigenvalue weighted by Gasteiger charge is 2.03. The van der Waals surface area contributed by atoms with Crippen molar-refractivity contribution in [2.24, 2.45) is 0 Å². The maximum Gasteiger partial charge on any atom is 0.0529 e. The van der Waals surface area contributed by atoms with Crippen molar-refractivity contribution in [2.45, 2.75) is 63.2 Å². The van der Waals surface area contributed by atoms with E-state index in [9.17, 15) is 4.21 Å². The fraction of sp³-hybridized carbons (Fsp3) is 0.625.